The molecule has 0 radical (unpaired) electrons. The predicted octanol–water partition coefficient (Wildman–Crippen LogP) is 5.81. The van der Waals surface area contributed by atoms with Gasteiger partial charge in [-0.3, -0.25) is 0 Å². The van der Waals surface area contributed by atoms with Crippen LogP contribution in [0.2, 0.25) is 0 Å². The molecule has 0 bridgehead atoms. The molecule has 2 aliphatic carbocycles. The molecule has 2 N–H and O–H groups in total. The van der Waals surface area contributed by atoms with E-state index in [-0.39, 0.29) is 52.3 Å². The van der Waals surface area contributed by atoms with Gasteiger partial charge in [0.15, 0.2) is 17.4 Å². The average Bonchev–Trinajstić information content (AvgIpc) is 3.70. The summed E-state index contributed by atoms with van der Waals surface area (Å²) in [5.41, 5.74) is -1.74. The first-order valence-corrected chi connectivity index (χ1v) is 10.8. The van der Waals surface area contributed by atoms with Crippen molar-refractivity contribution < 1.29 is 31.4 Å². The molecular weight excluding hydrogens is 459 g/mol. The SMILES string of the molecule is Fc1cc(NC2=NCC3(CC3)CO2)cc(F)c1Oc1ccnc2[nH]cc(C3(C(F)(F)F)CC3)c12. The number of amidine groups is 1. The first-order chi connectivity index (χ1) is 16.2. The van der Waals surface area contributed by atoms with Gasteiger partial charge in [-0.25, -0.2) is 18.8 Å². The largest absolute Gasteiger partial charge is 0.464 e. The summed E-state index contributed by atoms with van der Waals surface area (Å²) in [6, 6.07) is 3.50. The number of anilines is 1. The molecule has 1 spiro atoms. The van der Waals surface area contributed by atoms with Gasteiger partial charge >= 0.3 is 6.18 Å². The molecule has 0 unspecified atom stereocenters. The molecule has 0 atom stereocenters. The van der Waals surface area contributed by atoms with Gasteiger partial charge < -0.3 is 19.8 Å². The molecule has 178 valence electrons. The van der Waals surface area contributed by atoms with Gasteiger partial charge in [-0.15, -0.1) is 0 Å². The minimum absolute atomic E-state index is 0.0434. The second-order valence-corrected chi connectivity index (χ2v) is 9.22. The van der Waals surface area contributed by atoms with Crippen LogP contribution < -0.4 is 10.1 Å². The van der Waals surface area contributed by atoms with Gasteiger partial charge in [-0.05, 0) is 37.3 Å². The van der Waals surface area contributed by atoms with Crippen molar-refractivity contribution in [2.45, 2.75) is 37.3 Å². The molecule has 0 saturated heterocycles. The van der Waals surface area contributed by atoms with E-state index in [0.29, 0.717) is 13.2 Å². The van der Waals surface area contributed by atoms with Crippen LogP contribution in [0.25, 0.3) is 11.0 Å². The molecular formula is C23H19F5N4O2. The lowest BCUT2D eigenvalue weighted by Crippen LogP contribution is -2.29. The number of H-pyrrole nitrogens is 1. The molecule has 1 aromatic carbocycles. The highest BCUT2D eigenvalue weighted by Gasteiger charge is 2.65. The molecule has 1 aliphatic heterocycles. The van der Waals surface area contributed by atoms with Crippen LogP contribution in [-0.2, 0) is 10.2 Å². The fraction of sp³-hybridized carbons (Fsp3) is 0.391. The first kappa shape index (κ1) is 21.2. The van der Waals surface area contributed by atoms with E-state index in [1.165, 1.54) is 18.5 Å². The number of rotatable bonds is 4. The highest BCUT2D eigenvalue weighted by Crippen LogP contribution is 2.61. The number of alkyl halides is 3. The number of halogens is 5. The Bertz CT molecular complexity index is 1300. The second kappa shape index (κ2) is 7.07. The zero-order valence-electron chi connectivity index (χ0n) is 17.7. The van der Waals surface area contributed by atoms with Crippen LogP contribution in [0.3, 0.4) is 0 Å². The third kappa shape index (κ3) is 3.36. The van der Waals surface area contributed by atoms with Gasteiger partial charge in [0.25, 0.3) is 6.02 Å². The molecule has 2 aromatic heterocycles. The van der Waals surface area contributed by atoms with Gasteiger partial charge in [0, 0.05) is 35.6 Å². The minimum atomic E-state index is -4.47. The van der Waals surface area contributed by atoms with Gasteiger partial charge in [0.1, 0.15) is 11.4 Å². The van der Waals surface area contributed by atoms with Crippen molar-refractivity contribution in [3.8, 4) is 11.5 Å². The number of nitrogens with zero attached hydrogens (tertiary/aromatic N) is 2. The number of ether oxygens (including phenoxy) is 2. The lowest BCUT2D eigenvalue weighted by atomic mass is 9.95. The van der Waals surface area contributed by atoms with E-state index in [9.17, 15) is 22.0 Å². The second-order valence-electron chi connectivity index (χ2n) is 9.22. The van der Waals surface area contributed by atoms with E-state index in [2.05, 4.69) is 20.3 Å². The standard InChI is InChI=1S/C23H19F5N4O2/c24-14-7-12(32-20-31-10-21(2-3-21)11-33-20)8-15(25)18(14)34-16-1-6-29-19-17(16)13(9-30-19)22(4-5-22)23(26,27)28/h1,6-9H,2-5,10-11H2,(H,29,30)(H,31,32). The monoisotopic (exact) mass is 478 g/mol. The van der Waals surface area contributed by atoms with E-state index in [1.54, 1.807) is 0 Å². The Balaban J connectivity index is 1.30. The average molecular weight is 478 g/mol. The fourth-order valence-electron chi connectivity index (χ4n) is 4.39. The van der Waals surface area contributed by atoms with Gasteiger partial charge in [0.05, 0.1) is 24.0 Å². The molecule has 3 aromatic rings. The molecule has 3 heterocycles. The van der Waals surface area contributed by atoms with Crippen molar-refractivity contribution in [1.82, 2.24) is 9.97 Å². The molecule has 34 heavy (non-hydrogen) atoms. The van der Waals surface area contributed by atoms with Gasteiger partial charge in [-0.1, -0.05) is 0 Å². The van der Waals surface area contributed by atoms with Crippen LogP contribution >= 0.6 is 0 Å². The Hall–Kier alpha value is -3.37. The van der Waals surface area contributed by atoms with E-state index in [4.69, 9.17) is 9.47 Å². The summed E-state index contributed by atoms with van der Waals surface area (Å²) in [6.45, 7) is 1.10. The van der Waals surface area contributed by atoms with Crippen LogP contribution in [0.4, 0.5) is 27.6 Å². The number of hydrogen-bond acceptors (Lipinski definition) is 5. The summed E-state index contributed by atoms with van der Waals surface area (Å²) in [4.78, 5) is 11.0. The van der Waals surface area contributed by atoms with Crippen molar-refractivity contribution in [3.05, 3.63) is 47.8 Å². The summed E-state index contributed by atoms with van der Waals surface area (Å²) in [5.74, 6) is -2.91. The van der Waals surface area contributed by atoms with Crippen LogP contribution in [0.1, 0.15) is 31.2 Å². The Labute approximate surface area is 190 Å². The maximum Gasteiger partial charge on any atom is 0.398 e. The Morgan fingerprint density at radius 3 is 2.41 bits per heavy atom. The number of aromatic nitrogens is 2. The van der Waals surface area contributed by atoms with Crippen molar-refractivity contribution in [3.63, 3.8) is 0 Å². The van der Waals surface area contributed by atoms with Crippen LogP contribution in [0.15, 0.2) is 35.6 Å². The quantitative estimate of drug-likeness (QED) is 0.465. The zero-order valence-corrected chi connectivity index (χ0v) is 17.7. The number of hydrogen-bond donors (Lipinski definition) is 2. The number of aromatic amines is 1. The summed E-state index contributed by atoms with van der Waals surface area (Å²) in [7, 11) is 0. The van der Waals surface area contributed by atoms with E-state index in [1.807, 2.05) is 0 Å². The normalized spacial score (nSPS) is 20.1. The smallest absolute Gasteiger partial charge is 0.398 e. The topological polar surface area (TPSA) is 71.5 Å². The van der Waals surface area contributed by atoms with Crippen molar-refractivity contribution in [2.24, 2.45) is 10.4 Å². The van der Waals surface area contributed by atoms with Crippen molar-refractivity contribution >= 4 is 22.7 Å². The third-order valence-electron chi connectivity index (χ3n) is 6.84. The van der Waals surface area contributed by atoms with Crippen LogP contribution in [-0.4, -0.2) is 35.3 Å². The molecule has 6 nitrogen and oxygen atoms in total. The number of pyridine rings is 1. The Kier molecular flexibility index (Phi) is 4.40. The molecule has 3 aliphatic rings. The van der Waals surface area contributed by atoms with Gasteiger partial charge in [0.2, 0.25) is 0 Å². The minimum Gasteiger partial charge on any atom is -0.464 e. The summed E-state index contributed by atoms with van der Waals surface area (Å²) in [5, 5.41) is 2.80. The molecule has 11 heteroatoms. The third-order valence-corrected chi connectivity index (χ3v) is 6.84. The molecule has 2 fully saturated rings. The molecule has 0 amide bonds. The Morgan fingerprint density at radius 2 is 1.82 bits per heavy atom. The predicted molar refractivity (Wildman–Crippen MR) is 113 cm³/mol. The first-order valence-electron chi connectivity index (χ1n) is 10.8. The summed E-state index contributed by atoms with van der Waals surface area (Å²) < 4.78 is 82.0. The van der Waals surface area contributed by atoms with E-state index < -0.39 is 29.0 Å². The number of aliphatic imine (C=N–C) groups is 1. The number of benzene rings is 1. The number of nitrogens with one attached hydrogen (secondary N) is 2. The fourth-order valence-corrected chi connectivity index (χ4v) is 4.39. The lowest BCUT2D eigenvalue weighted by molar-refractivity contribution is -0.160. The van der Waals surface area contributed by atoms with Crippen LogP contribution in [0, 0.1) is 17.0 Å². The van der Waals surface area contributed by atoms with E-state index in [0.717, 1.165) is 25.0 Å². The van der Waals surface area contributed by atoms with Crippen molar-refractivity contribution in [2.75, 3.05) is 18.5 Å². The lowest BCUT2D eigenvalue weighted by Gasteiger charge is -2.22. The number of fused-ring (bicyclic) bond motifs is 1. The van der Waals surface area contributed by atoms with E-state index >= 15 is 0 Å². The van der Waals surface area contributed by atoms with Crippen molar-refractivity contribution in [1.29, 1.82) is 0 Å². The maximum atomic E-state index is 14.9. The highest BCUT2D eigenvalue weighted by atomic mass is 19.4. The Morgan fingerprint density at radius 1 is 1.09 bits per heavy atom. The highest BCUT2D eigenvalue weighted by molar-refractivity contribution is 5.90. The molecule has 6 rings (SSSR count). The maximum absolute atomic E-state index is 14.9. The summed E-state index contributed by atoms with van der Waals surface area (Å²) >= 11 is 0. The van der Waals surface area contributed by atoms with Crippen LogP contribution in [0.5, 0.6) is 11.5 Å². The summed E-state index contributed by atoms with van der Waals surface area (Å²) in [6.07, 6.45) is 0.00997. The molecule has 2 saturated carbocycles. The van der Waals surface area contributed by atoms with Gasteiger partial charge in [-0.2, -0.15) is 13.2 Å². The zero-order chi connectivity index (χ0) is 23.7.